The molecule has 1 aromatic heterocycles. The number of carbonyl (C=O) groups excluding carboxylic acids is 1. The van der Waals surface area contributed by atoms with Crippen molar-refractivity contribution in [2.75, 3.05) is 5.32 Å². The Hall–Kier alpha value is -2.12. The van der Waals surface area contributed by atoms with E-state index in [9.17, 15) is 4.79 Å². The Kier molecular flexibility index (Phi) is 2.51. The van der Waals surface area contributed by atoms with Crippen molar-refractivity contribution in [3.63, 3.8) is 0 Å². The van der Waals surface area contributed by atoms with Crippen LogP contribution in [0.15, 0.2) is 30.3 Å². The number of aryl methyl sites for hydroxylation is 1. The van der Waals surface area contributed by atoms with Gasteiger partial charge in [-0.05, 0) is 55.0 Å². The Morgan fingerprint density at radius 2 is 2.14 bits per heavy atom. The summed E-state index contributed by atoms with van der Waals surface area (Å²) in [5.41, 5.74) is 2.98. The highest BCUT2D eigenvalue weighted by atomic mass is 32.1. The highest BCUT2D eigenvalue weighted by Gasteiger charge is 2.74. The SMILES string of the molecule is Cc1ccc(-c2ccc(C#N)s2)cc1NC(=O)C12CC1C2. The first-order valence-electron chi connectivity index (χ1n) is 7.05. The molecule has 21 heavy (non-hydrogen) atoms. The smallest absolute Gasteiger partial charge is 0.230 e. The summed E-state index contributed by atoms with van der Waals surface area (Å²) in [6.07, 6.45) is 2.13. The van der Waals surface area contributed by atoms with E-state index >= 15 is 0 Å². The van der Waals surface area contributed by atoms with Gasteiger partial charge >= 0.3 is 0 Å². The molecule has 1 amide bonds. The van der Waals surface area contributed by atoms with Crippen molar-refractivity contribution in [1.29, 1.82) is 5.26 Å². The summed E-state index contributed by atoms with van der Waals surface area (Å²) in [5.74, 6) is 0.827. The van der Waals surface area contributed by atoms with Gasteiger partial charge in [0.1, 0.15) is 10.9 Å². The van der Waals surface area contributed by atoms with E-state index in [1.54, 1.807) is 0 Å². The van der Waals surface area contributed by atoms with E-state index in [2.05, 4.69) is 11.4 Å². The Labute approximate surface area is 127 Å². The number of hydrogen-bond donors (Lipinski definition) is 1. The minimum Gasteiger partial charge on any atom is -0.325 e. The quantitative estimate of drug-likeness (QED) is 0.932. The number of carbonyl (C=O) groups is 1. The highest BCUT2D eigenvalue weighted by Crippen LogP contribution is 2.75. The van der Waals surface area contributed by atoms with E-state index in [1.807, 2.05) is 37.3 Å². The summed E-state index contributed by atoms with van der Waals surface area (Å²) in [7, 11) is 0. The maximum Gasteiger partial charge on any atom is 0.230 e. The second-order valence-electron chi connectivity index (χ2n) is 6.02. The number of nitrogens with zero attached hydrogens (tertiary/aromatic N) is 1. The lowest BCUT2D eigenvalue weighted by Gasteiger charge is -2.11. The number of anilines is 1. The van der Waals surface area contributed by atoms with Crippen molar-refractivity contribution >= 4 is 22.9 Å². The molecule has 1 N–H and O–H groups in total. The summed E-state index contributed by atoms with van der Waals surface area (Å²) in [6.45, 7) is 2.00. The van der Waals surface area contributed by atoms with Gasteiger partial charge in [-0.25, -0.2) is 0 Å². The van der Waals surface area contributed by atoms with Crippen LogP contribution in [0.1, 0.15) is 23.3 Å². The van der Waals surface area contributed by atoms with Crippen LogP contribution in [-0.4, -0.2) is 5.91 Å². The molecule has 2 aliphatic rings. The zero-order valence-corrected chi connectivity index (χ0v) is 12.5. The van der Waals surface area contributed by atoms with Gasteiger partial charge in [0.25, 0.3) is 0 Å². The van der Waals surface area contributed by atoms with Crippen LogP contribution in [0.4, 0.5) is 5.69 Å². The number of nitrogens with one attached hydrogen (secondary N) is 1. The van der Waals surface area contributed by atoms with Gasteiger partial charge in [-0.1, -0.05) is 12.1 Å². The van der Waals surface area contributed by atoms with E-state index in [0.717, 1.165) is 34.5 Å². The van der Waals surface area contributed by atoms with Gasteiger partial charge in [0.05, 0.1) is 5.41 Å². The van der Waals surface area contributed by atoms with Crippen molar-refractivity contribution in [3.05, 3.63) is 40.8 Å². The molecule has 0 saturated heterocycles. The molecule has 1 aromatic carbocycles. The third kappa shape index (κ3) is 1.97. The molecule has 3 nitrogen and oxygen atoms in total. The van der Waals surface area contributed by atoms with Gasteiger partial charge in [-0.2, -0.15) is 5.26 Å². The molecule has 0 bridgehead atoms. The van der Waals surface area contributed by atoms with Crippen molar-refractivity contribution < 1.29 is 4.79 Å². The maximum atomic E-state index is 12.2. The van der Waals surface area contributed by atoms with Crippen LogP contribution in [0.5, 0.6) is 0 Å². The summed E-state index contributed by atoms with van der Waals surface area (Å²) in [6, 6.07) is 12.0. The predicted octanol–water partition coefficient (Wildman–Crippen LogP) is 3.94. The Morgan fingerprint density at radius 3 is 2.76 bits per heavy atom. The predicted molar refractivity (Wildman–Crippen MR) is 83.0 cm³/mol. The number of rotatable bonds is 3. The van der Waals surface area contributed by atoms with Crippen LogP contribution in [0.2, 0.25) is 0 Å². The van der Waals surface area contributed by atoms with E-state index in [-0.39, 0.29) is 11.3 Å². The molecule has 2 aromatic rings. The van der Waals surface area contributed by atoms with Crippen molar-refractivity contribution in [3.8, 4) is 16.5 Å². The van der Waals surface area contributed by atoms with Crippen LogP contribution in [0, 0.1) is 29.6 Å². The van der Waals surface area contributed by atoms with Crippen LogP contribution < -0.4 is 5.32 Å². The molecule has 104 valence electrons. The number of benzene rings is 1. The molecule has 0 atom stereocenters. The average Bonchev–Trinajstić information content (AvgIpc) is 3.28. The summed E-state index contributed by atoms with van der Waals surface area (Å²) < 4.78 is 0. The Balaban J connectivity index is 1.63. The van der Waals surface area contributed by atoms with Crippen molar-refractivity contribution in [2.24, 2.45) is 11.3 Å². The van der Waals surface area contributed by atoms with Gasteiger partial charge in [0.15, 0.2) is 0 Å². The van der Waals surface area contributed by atoms with E-state index in [0.29, 0.717) is 10.8 Å². The zero-order chi connectivity index (χ0) is 14.6. The van der Waals surface area contributed by atoms with Crippen molar-refractivity contribution in [2.45, 2.75) is 19.8 Å². The number of nitriles is 1. The molecular weight excluding hydrogens is 280 g/mol. The number of fused-ring (bicyclic) bond motifs is 1. The summed E-state index contributed by atoms with van der Waals surface area (Å²) in [5, 5.41) is 12.0. The third-order valence-electron chi connectivity index (χ3n) is 4.62. The molecule has 2 fully saturated rings. The number of amides is 1. The van der Waals surface area contributed by atoms with Crippen molar-refractivity contribution in [1.82, 2.24) is 0 Å². The second-order valence-corrected chi connectivity index (χ2v) is 7.10. The first-order valence-corrected chi connectivity index (χ1v) is 7.86. The lowest BCUT2D eigenvalue weighted by molar-refractivity contribution is -0.119. The molecule has 4 rings (SSSR count). The van der Waals surface area contributed by atoms with Gasteiger partial charge in [0.2, 0.25) is 5.91 Å². The lowest BCUT2D eigenvalue weighted by atomic mass is 10.1. The average molecular weight is 294 g/mol. The first kappa shape index (κ1) is 12.6. The monoisotopic (exact) mass is 294 g/mol. The fourth-order valence-electron chi connectivity index (χ4n) is 2.78. The largest absolute Gasteiger partial charge is 0.325 e. The lowest BCUT2D eigenvalue weighted by Crippen LogP contribution is -2.18. The second kappa shape index (κ2) is 4.19. The first-order chi connectivity index (χ1) is 10.1. The molecule has 0 aliphatic heterocycles. The Bertz CT molecular complexity index is 793. The normalized spacial score (nSPS) is 24.9. The minimum absolute atomic E-state index is 0.0145. The standard InChI is InChI=1S/C17H14N2OS/c1-10-2-3-11(15-5-4-13(9-18)21-15)6-14(10)19-16(20)17-7-12(17)8-17/h2-6,12H,7-8H2,1H3,(H,19,20). The van der Waals surface area contributed by atoms with Crippen LogP contribution in [0.25, 0.3) is 10.4 Å². The molecule has 0 radical (unpaired) electrons. The molecule has 1 heterocycles. The summed E-state index contributed by atoms with van der Waals surface area (Å²) in [4.78, 5) is 14.0. The molecule has 2 saturated carbocycles. The Morgan fingerprint density at radius 1 is 1.38 bits per heavy atom. The molecule has 2 aliphatic carbocycles. The fourth-order valence-corrected chi connectivity index (χ4v) is 3.58. The van der Waals surface area contributed by atoms with Gasteiger partial charge in [0, 0.05) is 10.6 Å². The summed E-state index contributed by atoms with van der Waals surface area (Å²) >= 11 is 1.47. The molecule has 0 unspecified atom stereocenters. The minimum atomic E-state index is -0.0145. The topological polar surface area (TPSA) is 52.9 Å². The fraction of sp³-hybridized carbons (Fsp3) is 0.294. The maximum absolute atomic E-state index is 12.2. The highest BCUT2D eigenvalue weighted by molar-refractivity contribution is 7.16. The van der Waals surface area contributed by atoms with Gasteiger partial charge in [-0.3, -0.25) is 4.79 Å². The van der Waals surface area contributed by atoms with Crippen LogP contribution >= 0.6 is 11.3 Å². The van der Waals surface area contributed by atoms with E-state index in [4.69, 9.17) is 5.26 Å². The van der Waals surface area contributed by atoms with E-state index < -0.39 is 0 Å². The molecule has 4 heteroatoms. The molecular formula is C17H14N2OS. The van der Waals surface area contributed by atoms with Crippen LogP contribution in [0.3, 0.4) is 0 Å². The van der Waals surface area contributed by atoms with Gasteiger partial charge < -0.3 is 5.32 Å². The number of hydrogen-bond acceptors (Lipinski definition) is 3. The molecule has 0 spiro atoms. The van der Waals surface area contributed by atoms with Crippen LogP contribution in [-0.2, 0) is 4.79 Å². The van der Waals surface area contributed by atoms with Gasteiger partial charge in [-0.15, -0.1) is 11.3 Å². The zero-order valence-electron chi connectivity index (χ0n) is 11.6. The number of thiophene rings is 1. The third-order valence-corrected chi connectivity index (χ3v) is 5.66. The van der Waals surface area contributed by atoms with E-state index in [1.165, 1.54) is 11.3 Å².